The van der Waals surface area contributed by atoms with E-state index < -0.39 is 0 Å². The molecule has 1 aliphatic carbocycles. The summed E-state index contributed by atoms with van der Waals surface area (Å²) in [6.45, 7) is 6.05. The van der Waals surface area contributed by atoms with E-state index in [2.05, 4.69) is 31.0 Å². The largest absolute Gasteiger partial charge is 0.497 e. The van der Waals surface area contributed by atoms with Crippen molar-refractivity contribution in [3.05, 3.63) is 65.9 Å². The summed E-state index contributed by atoms with van der Waals surface area (Å²) in [7, 11) is 1.65. The summed E-state index contributed by atoms with van der Waals surface area (Å²) >= 11 is 0. The highest BCUT2D eigenvalue weighted by atomic mass is 16.5. The summed E-state index contributed by atoms with van der Waals surface area (Å²) < 4.78 is 5.30. The summed E-state index contributed by atoms with van der Waals surface area (Å²) in [5.41, 5.74) is 3.34. The van der Waals surface area contributed by atoms with Crippen molar-refractivity contribution in [2.24, 2.45) is 11.8 Å². The minimum absolute atomic E-state index is 0.000434. The van der Waals surface area contributed by atoms with Gasteiger partial charge >= 0.3 is 0 Å². The molecule has 37 heavy (non-hydrogen) atoms. The molecular formula is C31H41N3O3. The highest BCUT2D eigenvalue weighted by Gasteiger charge is 2.29. The number of hydrogen-bond donors (Lipinski definition) is 1. The maximum atomic E-state index is 13.8. The van der Waals surface area contributed by atoms with E-state index in [4.69, 9.17) is 4.74 Å². The van der Waals surface area contributed by atoms with Crippen molar-refractivity contribution in [3.8, 4) is 5.75 Å². The molecule has 1 fully saturated rings. The molecule has 1 aromatic heterocycles. The SMILES string of the molecule is COc1ccc(CN(CCc2c[nH]c3ccccc23)C(=O)CN(CC(C)C)C(=O)C2CCCCC2)cc1. The van der Waals surface area contributed by atoms with Gasteiger partial charge in [0.25, 0.3) is 0 Å². The number of H-pyrrole nitrogens is 1. The third kappa shape index (κ3) is 7.15. The fourth-order valence-electron chi connectivity index (χ4n) is 5.38. The smallest absolute Gasteiger partial charge is 0.242 e. The van der Waals surface area contributed by atoms with Crippen LogP contribution in [0.2, 0.25) is 0 Å². The molecule has 198 valence electrons. The summed E-state index contributed by atoms with van der Waals surface area (Å²) in [4.78, 5) is 34.3. The molecule has 6 nitrogen and oxygen atoms in total. The number of aromatic nitrogens is 1. The van der Waals surface area contributed by atoms with Gasteiger partial charge in [-0.2, -0.15) is 0 Å². The molecule has 0 unspecified atom stereocenters. The Labute approximate surface area is 221 Å². The van der Waals surface area contributed by atoms with Crippen molar-refractivity contribution < 1.29 is 14.3 Å². The monoisotopic (exact) mass is 503 g/mol. The van der Waals surface area contributed by atoms with E-state index >= 15 is 0 Å². The second-order valence-corrected chi connectivity index (χ2v) is 10.7. The number of hydrogen-bond acceptors (Lipinski definition) is 3. The number of amides is 2. The van der Waals surface area contributed by atoms with Crippen LogP contribution in [0.4, 0.5) is 0 Å². The Bertz CT molecular complexity index is 1160. The molecule has 3 aromatic rings. The van der Waals surface area contributed by atoms with Crippen LogP contribution in [0.1, 0.15) is 57.1 Å². The van der Waals surface area contributed by atoms with Crippen molar-refractivity contribution in [3.63, 3.8) is 0 Å². The molecule has 0 bridgehead atoms. The fourth-order valence-corrected chi connectivity index (χ4v) is 5.38. The zero-order valence-electron chi connectivity index (χ0n) is 22.5. The molecule has 0 radical (unpaired) electrons. The Morgan fingerprint density at radius 3 is 2.43 bits per heavy atom. The third-order valence-corrected chi connectivity index (χ3v) is 7.39. The van der Waals surface area contributed by atoms with E-state index in [1.165, 1.54) is 17.4 Å². The van der Waals surface area contributed by atoms with Gasteiger partial charge in [0.15, 0.2) is 0 Å². The Morgan fingerprint density at radius 2 is 1.73 bits per heavy atom. The molecule has 1 aliphatic rings. The molecular weight excluding hydrogens is 462 g/mol. The van der Waals surface area contributed by atoms with E-state index in [1.54, 1.807) is 7.11 Å². The number of carbonyl (C=O) groups is 2. The molecule has 4 rings (SSSR count). The maximum Gasteiger partial charge on any atom is 0.242 e. The predicted molar refractivity (Wildman–Crippen MR) is 148 cm³/mol. The molecule has 0 spiro atoms. The fraction of sp³-hybridized carbons (Fsp3) is 0.484. The summed E-state index contributed by atoms with van der Waals surface area (Å²) in [5.74, 6) is 1.31. The van der Waals surface area contributed by atoms with Crippen molar-refractivity contribution in [2.45, 2.75) is 58.9 Å². The van der Waals surface area contributed by atoms with Gasteiger partial charge in [-0.3, -0.25) is 9.59 Å². The first-order valence-electron chi connectivity index (χ1n) is 13.7. The predicted octanol–water partition coefficient (Wildman–Crippen LogP) is 5.81. The van der Waals surface area contributed by atoms with Crippen molar-refractivity contribution in [1.82, 2.24) is 14.8 Å². The average molecular weight is 504 g/mol. The summed E-state index contributed by atoms with van der Waals surface area (Å²) in [5, 5.41) is 1.19. The van der Waals surface area contributed by atoms with Gasteiger partial charge in [-0.25, -0.2) is 0 Å². The second-order valence-electron chi connectivity index (χ2n) is 10.7. The number of methoxy groups -OCH3 is 1. The zero-order chi connectivity index (χ0) is 26.2. The minimum atomic E-state index is 0.000434. The highest BCUT2D eigenvalue weighted by Crippen LogP contribution is 2.26. The zero-order valence-corrected chi connectivity index (χ0v) is 22.5. The number of para-hydroxylation sites is 1. The van der Waals surface area contributed by atoms with Crippen LogP contribution in [0.3, 0.4) is 0 Å². The molecule has 1 N–H and O–H groups in total. The quantitative estimate of drug-likeness (QED) is 0.359. The van der Waals surface area contributed by atoms with E-state index in [9.17, 15) is 9.59 Å². The lowest BCUT2D eigenvalue weighted by molar-refractivity contribution is -0.144. The first kappa shape index (κ1) is 26.8. The van der Waals surface area contributed by atoms with Crippen LogP contribution in [0.5, 0.6) is 5.75 Å². The number of ether oxygens (including phenoxy) is 1. The molecule has 6 heteroatoms. The van der Waals surface area contributed by atoms with Crippen LogP contribution in [0.15, 0.2) is 54.7 Å². The lowest BCUT2D eigenvalue weighted by atomic mass is 9.88. The maximum absolute atomic E-state index is 13.8. The van der Waals surface area contributed by atoms with Gasteiger partial charge < -0.3 is 19.5 Å². The van der Waals surface area contributed by atoms with Crippen LogP contribution in [-0.4, -0.2) is 53.3 Å². The lowest BCUT2D eigenvalue weighted by Gasteiger charge is -2.32. The molecule has 1 saturated carbocycles. The van der Waals surface area contributed by atoms with Crippen LogP contribution < -0.4 is 4.74 Å². The summed E-state index contributed by atoms with van der Waals surface area (Å²) in [6, 6.07) is 16.1. The van der Waals surface area contributed by atoms with Crippen molar-refractivity contribution in [2.75, 3.05) is 26.7 Å². The van der Waals surface area contributed by atoms with Crippen LogP contribution >= 0.6 is 0 Å². The van der Waals surface area contributed by atoms with Gasteiger partial charge in [-0.15, -0.1) is 0 Å². The number of aromatic amines is 1. The standard InChI is InChI=1S/C31H41N3O3/c1-23(2)20-34(31(36)25-9-5-4-6-10-25)22-30(35)33(21-24-13-15-27(37-3)16-14-24)18-17-26-19-32-29-12-8-7-11-28(26)29/h7-8,11-16,19,23,25,32H,4-6,9-10,17-18,20-22H2,1-3H3. The topological polar surface area (TPSA) is 65.6 Å². The Morgan fingerprint density at radius 1 is 1.00 bits per heavy atom. The average Bonchev–Trinajstić information content (AvgIpc) is 3.34. The van der Waals surface area contributed by atoms with E-state index in [-0.39, 0.29) is 24.3 Å². The molecule has 0 aliphatic heterocycles. The van der Waals surface area contributed by atoms with E-state index in [0.29, 0.717) is 25.6 Å². The molecule has 0 atom stereocenters. The first-order valence-corrected chi connectivity index (χ1v) is 13.7. The van der Waals surface area contributed by atoms with Crippen LogP contribution in [0, 0.1) is 11.8 Å². The van der Waals surface area contributed by atoms with Crippen LogP contribution in [0.25, 0.3) is 10.9 Å². The molecule has 1 heterocycles. The second kappa shape index (κ2) is 12.8. The van der Waals surface area contributed by atoms with Gasteiger partial charge in [-0.05, 0) is 54.5 Å². The number of nitrogens with zero attached hydrogens (tertiary/aromatic N) is 2. The van der Waals surface area contributed by atoms with Crippen molar-refractivity contribution in [1.29, 1.82) is 0 Å². The number of benzene rings is 2. The van der Waals surface area contributed by atoms with Crippen LogP contribution in [-0.2, 0) is 22.6 Å². The number of rotatable bonds is 11. The normalized spacial score (nSPS) is 14.2. The number of fused-ring (bicyclic) bond motifs is 1. The Hall–Kier alpha value is -3.28. The third-order valence-electron chi connectivity index (χ3n) is 7.39. The summed E-state index contributed by atoms with van der Waals surface area (Å²) in [6.07, 6.45) is 8.08. The van der Waals surface area contributed by atoms with E-state index in [1.807, 2.05) is 52.4 Å². The van der Waals surface area contributed by atoms with Gasteiger partial charge in [-0.1, -0.05) is 63.4 Å². The van der Waals surface area contributed by atoms with Gasteiger partial charge in [0, 0.05) is 42.7 Å². The van der Waals surface area contributed by atoms with Crippen molar-refractivity contribution >= 4 is 22.7 Å². The van der Waals surface area contributed by atoms with Gasteiger partial charge in [0.2, 0.25) is 11.8 Å². The lowest BCUT2D eigenvalue weighted by Crippen LogP contribution is -2.46. The molecule has 2 amide bonds. The highest BCUT2D eigenvalue weighted by molar-refractivity contribution is 5.86. The molecule has 2 aromatic carbocycles. The Kier molecular flexibility index (Phi) is 9.26. The van der Waals surface area contributed by atoms with Gasteiger partial charge in [0.05, 0.1) is 13.7 Å². The molecule has 0 saturated heterocycles. The van der Waals surface area contributed by atoms with E-state index in [0.717, 1.165) is 48.9 Å². The minimum Gasteiger partial charge on any atom is -0.497 e. The number of carbonyl (C=O) groups excluding carboxylic acids is 2. The Balaban J connectivity index is 1.51. The number of nitrogens with one attached hydrogen (secondary N) is 1. The van der Waals surface area contributed by atoms with Gasteiger partial charge in [0.1, 0.15) is 5.75 Å². The first-order chi connectivity index (χ1) is 17.9.